The summed E-state index contributed by atoms with van der Waals surface area (Å²) in [6.45, 7) is 5.52. The van der Waals surface area contributed by atoms with E-state index >= 15 is 0 Å². The maximum atomic E-state index is 5.81. The van der Waals surface area contributed by atoms with Crippen molar-refractivity contribution in [1.82, 2.24) is 0 Å². The first-order chi connectivity index (χ1) is 7.83. The zero-order valence-corrected chi connectivity index (χ0v) is 10.5. The predicted molar refractivity (Wildman–Crippen MR) is 69.8 cm³/mol. The van der Waals surface area contributed by atoms with Crippen molar-refractivity contribution in [3.05, 3.63) is 41.8 Å². The van der Waals surface area contributed by atoms with E-state index in [4.69, 9.17) is 16.3 Å². The molecule has 0 saturated carbocycles. The van der Waals surface area contributed by atoms with E-state index in [2.05, 4.69) is 19.1 Å². The highest BCUT2D eigenvalue weighted by Crippen LogP contribution is 2.10. The van der Waals surface area contributed by atoms with E-state index < -0.39 is 0 Å². The van der Waals surface area contributed by atoms with E-state index in [0.717, 1.165) is 50.3 Å². The van der Waals surface area contributed by atoms with Gasteiger partial charge in [0.05, 0.1) is 0 Å². The Labute approximate surface area is 104 Å². The molecule has 0 aliphatic heterocycles. The predicted octanol–water partition coefficient (Wildman–Crippen LogP) is 4.29. The van der Waals surface area contributed by atoms with E-state index in [1.165, 1.54) is 5.56 Å². The van der Waals surface area contributed by atoms with Crippen LogP contribution >= 0.6 is 11.6 Å². The van der Waals surface area contributed by atoms with Crippen LogP contribution in [0.5, 0.6) is 0 Å². The average molecular weight is 240 g/mol. The third kappa shape index (κ3) is 6.14. The molecule has 89 valence electrons. The molecule has 2 heteroatoms. The second-order valence-corrected chi connectivity index (χ2v) is 4.34. The number of hydrogen-bond acceptors (Lipinski definition) is 1. The van der Waals surface area contributed by atoms with Crippen molar-refractivity contribution in [2.75, 3.05) is 13.2 Å². The lowest BCUT2D eigenvalue weighted by molar-refractivity contribution is 0.128. The minimum atomic E-state index is 0.799. The molecule has 0 spiro atoms. The first-order valence-electron chi connectivity index (χ1n) is 5.94. The van der Waals surface area contributed by atoms with Crippen molar-refractivity contribution >= 4 is 11.6 Å². The summed E-state index contributed by atoms with van der Waals surface area (Å²) in [6.07, 6.45) is 5.44. The monoisotopic (exact) mass is 239 g/mol. The van der Waals surface area contributed by atoms with Crippen molar-refractivity contribution < 1.29 is 4.74 Å². The van der Waals surface area contributed by atoms with E-state index in [1.807, 2.05) is 12.1 Å². The standard InChI is InChI=1S/C14H20ClO/c1-2-3-4-11-16-12-5-6-13-7-9-14(15)10-8-13/h7-10H,1-6,11-12H2. The maximum absolute atomic E-state index is 5.81. The summed E-state index contributed by atoms with van der Waals surface area (Å²) in [6, 6.07) is 8.02. The van der Waals surface area contributed by atoms with E-state index in [9.17, 15) is 0 Å². The van der Waals surface area contributed by atoms with Crippen LogP contribution in [-0.4, -0.2) is 13.2 Å². The van der Waals surface area contributed by atoms with Crippen LogP contribution in [0.1, 0.15) is 31.2 Å². The highest BCUT2D eigenvalue weighted by molar-refractivity contribution is 6.30. The van der Waals surface area contributed by atoms with Gasteiger partial charge in [-0.05, 0) is 37.0 Å². The summed E-state index contributed by atoms with van der Waals surface area (Å²) in [5.41, 5.74) is 1.32. The fourth-order valence-electron chi connectivity index (χ4n) is 1.51. The molecule has 0 bridgehead atoms. The number of unbranched alkanes of at least 4 members (excludes halogenated alkanes) is 2. The van der Waals surface area contributed by atoms with Crippen molar-refractivity contribution in [3.8, 4) is 0 Å². The van der Waals surface area contributed by atoms with Crippen LogP contribution in [-0.2, 0) is 11.2 Å². The van der Waals surface area contributed by atoms with Crippen LogP contribution in [0.25, 0.3) is 0 Å². The summed E-state index contributed by atoms with van der Waals surface area (Å²) >= 11 is 5.81. The summed E-state index contributed by atoms with van der Waals surface area (Å²) in [4.78, 5) is 0. The molecule has 0 N–H and O–H groups in total. The minimum Gasteiger partial charge on any atom is -0.381 e. The van der Waals surface area contributed by atoms with Crippen LogP contribution in [0.2, 0.25) is 5.02 Å². The lowest BCUT2D eigenvalue weighted by Crippen LogP contribution is -1.98. The summed E-state index contributed by atoms with van der Waals surface area (Å²) < 4.78 is 5.53. The van der Waals surface area contributed by atoms with Gasteiger partial charge in [-0.25, -0.2) is 0 Å². The van der Waals surface area contributed by atoms with E-state index in [1.54, 1.807) is 0 Å². The number of aryl methyl sites for hydroxylation is 1. The molecule has 0 heterocycles. The number of benzene rings is 1. The Morgan fingerprint density at radius 2 is 1.69 bits per heavy atom. The van der Waals surface area contributed by atoms with Gasteiger partial charge in [0.2, 0.25) is 0 Å². The Bertz CT molecular complexity index is 269. The Kier molecular flexibility index (Phi) is 7.28. The molecule has 0 aliphatic carbocycles. The largest absolute Gasteiger partial charge is 0.381 e. The average Bonchev–Trinajstić information content (AvgIpc) is 2.30. The molecule has 0 fully saturated rings. The summed E-state index contributed by atoms with van der Waals surface area (Å²) in [5, 5.41) is 0.799. The van der Waals surface area contributed by atoms with Crippen LogP contribution in [0.4, 0.5) is 0 Å². The molecule has 0 saturated heterocycles. The summed E-state index contributed by atoms with van der Waals surface area (Å²) in [7, 11) is 0. The molecule has 0 amide bonds. The van der Waals surface area contributed by atoms with Gasteiger partial charge in [-0.15, -0.1) is 0 Å². The van der Waals surface area contributed by atoms with Crippen molar-refractivity contribution in [2.24, 2.45) is 0 Å². The van der Waals surface area contributed by atoms with Gasteiger partial charge in [0.1, 0.15) is 0 Å². The fraction of sp³-hybridized carbons (Fsp3) is 0.500. The highest BCUT2D eigenvalue weighted by atomic mass is 35.5. The van der Waals surface area contributed by atoms with Crippen LogP contribution in [0, 0.1) is 6.92 Å². The minimum absolute atomic E-state index is 0.799. The molecule has 1 radical (unpaired) electrons. The lowest BCUT2D eigenvalue weighted by Gasteiger charge is -2.04. The molecular weight excluding hydrogens is 220 g/mol. The van der Waals surface area contributed by atoms with Crippen LogP contribution < -0.4 is 0 Å². The normalized spacial score (nSPS) is 10.6. The molecule has 1 aromatic carbocycles. The van der Waals surface area contributed by atoms with Crippen molar-refractivity contribution in [1.29, 1.82) is 0 Å². The molecule has 1 rings (SSSR count). The smallest absolute Gasteiger partial charge is 0.0469 e. The van der Waals surface area contributed by atoms with Gasteiger partial charge >= 0.3 is 0 Å². The van der Waals surface area contributed by atoms with Crippen molar-refractivity contribution in [2.45, 2.75) is 32.1 Å². The van der Waals surface area contributed by atoms with Gasteiger partial charge in [0.25, 0.3) is 0 Å². The Morgan fingerprint density at radius 3 is 2.38 bits per heavy atom. The number of hydrogen-bond donors (Lipinski definition) is 0. The maximum Gasteiger partial charge on any atom is 0.0469 e. The van der Waals surface area contributed by atoms with Crippen molar-refractivity contribution in [3.63, 3.8) is 0 Å². The second-order valence-electron chi connectivity index (χ2n) is 3.90. The third-order valence-corrected chi connectivity index (χ3v) is 2.71. The van der Waals surface area contributed by atoms with Gasteiger partial charge in [-0.2, -0.15) is 0 Å². The van der Waals surface area contributed by atoms with E-state index in [-0.39, 0.29) is 0 Å². The highest BCUT2D eigenvalue weighted by Gasteiger charge is 1.94. The van der Waals surface area contributed by atoms with Gasteiger partial charge in [-0.3, -0.25) is 0 Å². The second kappa shape index (κ2) is 8.60. The quantitative estimate of drug-likeness (QED) is 0.615. The molecule has 0 atom stereocenters. The lowest BCUT2D eigenvalue weighted by atomic mass is 10.1. The SMILES string of the molecule is [CH2]CCCCOCCCc1ccc(Cl)cc1. The van der Waals surface area contributed by atoms with Gasteiger partial charge in [0.15, 0.2) is 0 Å². The topological polar surface area (TPSA) is 9.23 Å². The molecule has 0 aliphatic rings. The molecule has 1 nitrogen and oxygen atoms in total. The number of halogens is 1. The Balaban J connectivity index is 2.01. The molecule has 16 heavy (non-hydrogen) atoms. The van der Waals surface area contributed by atoms with E-state index in [0.29, 0.717) is 0 Å². The third-order valence-electron chi connectivity index (χ3n) is 2.46. The number of ether oxygens (including phenoxy) is 1. The zero-order valence-electron chi connectivity index (χ0n) is 9.75. The van der Waals surface area contributed by atoms with Crippen LogP contribution in [0.15, 0.2) is 24.3 Å². The molecule has 1 aromatic rings. The summed E-state index contributed by atoms with van der Waals surface area (Å²) in [5.74, 6) is 0. The van der Waals surface area contributed by atoms with Crippen LogP contribution in [0.3, 0.4) is 0 Å². The molecule has 0 aromatic heterocycles. The first kappa shape index (κ1) is 13.5. The fourth-order valence-corrected chi connectivity index (χ4v) is 1.64. The first-order valence-corrected chi connectivity index (χ1v) is 6.32. The zero-order chi connectivity index (χ0) is 11.6. The molecule has 0 unspecified atom stereocenters. The molecular formula is C14H20ClO. The number of rotatable bonds is 8. The van der Waals surface area contributed by atoms with Gasteiger partial charge in [0, 0.05) is 18.2 Å². The van der Waals surface area contributed by atoms with Gasteiger partial charge in [-0.1, -0.05) is 43.5 Å². The Hall–Kier alpha value is -0.530. The van der Waals surface area contributed by atoms with Gasteiger partial charge < -0.3 is 4.74 Å². The Morgan fingerprint density at radius 1 is 1.00 bits per heavy atom.